The lowest BCUT2D eigenvalue weighted by atomic mass is 10.1. The number of fused-ring (bicyclic) bond motifs is 2. The molecule has 0 saturated carbocycles. The van der Waals surface area contributed by atoms with Crippen molar-refractivity contribution >= 4 is 39.5 Å². The van der Waals surface area contributed by atoms with Crippen molar-refractivity contribution in [1.82, 2.24) is 9.80 Å². The predicted octanol–water partition coefficient (Wildman–Crippen LogP) is 3.57. The first-order valence-electron chi connectivity index (χ1n) is 8.60. The lowest BCUT2D eigenvalue weighted by molar-refractivity contribution is 0.000917. The summed E-state index contributed by atoms with van der Waals surface area (Å²) in [6, 6.07) is 1.35. The summed E-state index contributed by atoms with van der Waals surface area (Å²) in [4.78, 5) is 28.9. The molecule has 0 aliphatic carbocycles. The van der Waals surface area contributed by atoms with E-state index in [0.29, 0.717) is 46.2 Å². The van der Waals surface area contributed by atoms with Gasteiger partial charge in [-0.2, -0.15) is 0 Å². The van der Waals surface area contributed by atoms with Gasteiger partial charge in [-0.25, -0.2) is 4.79 Å². The predicted molar refractivity (Wildman–Crippen MR) is 104 cm³/mol. The summed E-state index contributed by atoms with van der Waals surface area (Å²) in [5, 5.41) is 0.322. The van der Waals surface area contributed by atoms with Gasteiger partial charge >= 0.3 is 6.09 Å². The van der Waals surface area contributed by atoms with Crippen LogP contribution in [-0.2, 0) is 4.74 Å². The van der Waals surface area contributed by atoms with Crippen LogP contribution < -0.4 is 9.47 Å². The minimum Gasteiger partial charge on any atom is -0.496 e. The van der Waals surface area contributed by atoms with Gasteiger partial charge in [-0.3, -0.25) is 4.79 Å². The molecule has 2 aliphatic heterocycles. The first-order chi connectivity index (χ1) is 12.6. The second-order valence-electron chi connectivity index (χ2n) is 7.47. The fourth-order valence-electron chi connectivity index (χ4n) is 3.16. The zero-order valence-corrected chi connectivity index (χ0v) is 18.0. The summed E-state index contributed by atoms with van der Waals surface area (Å²) in [5.41, 5.74) is -0.271. The largest absolute Gasteiger partial charge is 0.496 e. The van der Waals surface area contributed by atoms with Crippen molar-refractivity contribution in [2.45, 2.75) is 32.4 Å². The van der Waals surface area contributed by atoms with Gasteiger partial charge in [0.05, 0.1) is 18.2 Å². The van der Waals surface area contributed by atoms with Crippen LogP contribution in [0.3, 0.4) is 0 Å². The van der Waals surface area contributed by atoms with E-state index in [1.54, 1.807) is 15.9 Å². The lowest BCUT2D eigenvalue weighted by Gasteiger charge is -2.40. The molecule has 3 rings (SSSR count). The molecule has 1 atom stereocenters. The molecule has 1 aromatic rings. The van der Waals surface area contributed by atoms with Gasteiger partial charge in [-0.1, -0.05) is 11.6 Å². The number of amides is 2. The Labute approximate surface area is 171 Å². The van der Waals surface area contributed by atoms with Crippen LogP contribution in [0.25, 0.3) is 0 Å². The average Bonchev–Trinajstić information content (AvgIpc) is 2.74. The van der Waals surface area contributed by atoms with Crippen LogP contribution in [0.1, 0.15) is 31.1 Å². The van der Waals surface area contributed by atoms with Crippen LogP contribution in [0, 0.1) is 0 Å². The molecule has 2 heterocycles. The Morgan fingerprint density at radius 2 is 2.07 bits per heavy atom. The summed E-state index contributed by atoms with van der Waals surface area (Å²) in [6.07, 6.45) is -0.394. The number of methoxy groups -OCH3 is 1. The van der Waals surface area contributed by atoms with Crippen LogP contribution in [0.4, 0.5) is 4.79 Å². The minimum atomic E-state index is -0.576. The Morgan fingerprint density at radius 3 is 2.70 bits per heavy atom. The van der Waals surface area contributed by atoms with E-state index in [1.807, 2.05) is 20.8 Å². The van der Waals surface area contributed by atoms with Crippen molar-refractivity contribution in [3.63, 3.8) is 0 Å². The maximum atomic E-state index is 13.2. The first kappa shape index (κ1) is 20.1. The van der Waals surface area contributed by atoms with Crippen LogP contribution in [-0.4, -0.2) is 66.8 Å². The number of carbonyl (C=O) groups is 2. The Balaban J connectivity index is 1.87. The van der Waals surface area contributed by atoms with E-state index in [-0.39, 0.29) is 18.6 Å². The summed E-state index contributed by atoms with van der Waals surface area (Å²) < 4.78 is 17.3. The van der Waals surface area contributed by atoms with Gasteiger partial charge in [0.25, 0.3) is 5.91 Å². The van der Waals surface area contributed by atoms with Crippen molar-refractivity contribution < 1.29 is 23.8 Å². The molecule has 1 saturated heterocycles. The summed E-state index contributed by atoms with van der Waals surface area (Å²) in [6.45, 7) is 6.78. The first-order valence-corrected chi connectivity index (χ1v) is 9.77. The van der Waals surface area contributed by atoms with Crippen LogP contribution in [0.5, 0.6) is 11.5 Å². The molecule has 27 heavy (non-hydrogen) atoms. The highest BCUT2D eigenvalue weighted by Gasteiger charge is 2.40. The number of ether oxygens (including phenoxy) is 3. The molecule has 0 bridgehead atoms. The zero-order chi connectivity index (χ0) is 19.9. The Morgan fingerprint density at radius 1 is 1.37 bits per heavy atom. The molecular weight excluding hydrogens is 440 g/mol. The Hall–Kier alpha value is -1.67. The molecule has 0 unspecified atom stereocenters. The average molecular weight is 462 g/mol. The molecule has 2 amide bonds. The second kappa shape index (κ2) is 7.39. The number of nitrogens with zero attached hydrogens (tertiary/aromatic N) is 2. The number of piperazine rings is 1. The van der Waals surface area contributed by atoms with Gasteiger partial charge in [0.2, 0.25) is 0 Å². The topological polar surface area (TPSA) is 68.3 Å². The van der Waals surface area contributed by atoms with E-state index in [9.17, 15) is 9.59 Å². The van der Waals surface area contributed by atoms with E-state index in [4.69, 9.17) is 25.8 Å². The monoisotopic (exact) mass is 460 g/mol. The molecule has 1 aromatic carbocycles. The molecule has 9 heteroatoms. The van der Waals surface area contributed by atoms with Crippen molar-refractivity contribution in [1.29, 1.82) is 0 Å². The van der Waals surface area contributed by atoms with Crippen LogP contribution >= 0.6 is 27.5 Å². The molecular formula is C18H22BrClN2O5. The fourth-order valence-corrected chi connectivity index (χ4v) is 3.75. The summed E-state index contributed by atoms with van der Waals surface area (Å²) >= 11 is 9.70. The van der Waals surface area contributed by atoms with Gasteiger partial charge in [0.1, 0.15) is 23.5 Å². The van der Waals surface area contributed by atoms with Gasteiger partial charge in [0.15, 0.2) is 5.75 Å². The van der Waals surface area contributed by atoms with Crippen molar-refractivity contribution in [3.8, 4) is 11.5 Å². The molecule has 1 fully saturated rings. The van der Waals surface area contributed by atoms with E-state index in [2.05, 4.69) is 15.9 Å². The molecule has 7 nitrogen and oxygen atoms in total. The third-order valence-corrected chi connectivity index (χ3v) is 5.62. The smallest absolute Gasteiger partial charge is 0.410 e. The number of carbonyl (C=O) groups excluding carboxylic acids is 2. The summed E-state index contributed by atoms with van der Waals surface area (Å²) in [7, 11) is 1.49. The molecule has 2 aliphatic rings. The zero-order valence-electron chi connectivity index (χ0n) is 15.7. The van der Waals surface area contributed by atoms with Crippen LogP contribution in [0.2, 0.25) is 5.02 Å². The highest BCUT2D eigenvalue weighted by atomic mass is 79.9. The Bertz CT molecular complexity index is 780. The van der Waals surface area contributed by atoms with Crippen molar-refractivity contribution in [2.24, 2.45) is 0 Å². The van der Waals surface area contributed by atoms with Gasteiger partial charge in [0, 0.05) is 24.1 Å². The van der Waals surface area contributed by atoms with E-state index in [0.717, 1.165) is 0 Å². The maximum absolute atomic E-state index is 13.2. The quantitative estimate of drug-likeness (QED) is 0.640. The number of rotatable bonds is 1. The maximum Gasteiger partial charge on any atom is 0.410 e. The van der Waals surface area contributed by atoms with Gasteiger partial charge < -0.3 is 24.0 Å². The standard InChI is InChI=1S/C18H22BrClN2O5/c1-18(2,3)27-17(24)21-5-6-22-10(8-21)9-26-15-13(16(22)23)12(25-4)7-11(19)14(15)20/h7,10H,5-6,8-9H2,1-4H3/t10-/m1/s1. The van der Waals surface area contributed by atoms with E-state index < -0.39 is 11.7 Å². The van der Waals surface area contributed by atoms with Crippen LogP contribution in [0.15, 0.2) is 10.5 Å². The lowest BCUT2D eigenvalue weighted by Crippen LogP contribution is -2.58. The Kier molecular flexibility index (Phi) is 5.49. The normalized spacial score (nSPS) is 19.6. The number of benzene rings is 1. The highest BCUT2D eigenvalue weighted by molar-refractivity contribution is 9.10. The van der Waals surface area contributed by atoms with Gasteiger partial charge in [-0.15, -0.1) is 0 Å². The number of hydrogen-bond acceptors (Lipinski definition) is 5. The third-order valence-electron chi connectivity index (χ3n) is 4.39. The van der Waals surface area contributed by atoms with E-state index >= 15 is 0 Å². The van der Waals surface area contributed by atoms with Crippen molar-refractivity contribution in [3.05, 3.63) is 21.1 Å². The van der Waals surface area contributed by atoms with Crippen molar-refractivity contribution in [2.75, 3.05) is 33.4 Å². The number of hydrogen-bond donors (Lipinski definition) is 0. The second-order valence-corrected chi connectivity index (χ2v) is 8.70. The minimum absolute atomic E-state index is 0.220. The molecule has 0 radical (unpaired) electrons. The van der Waals surface area contributed by atoms with E-state index in [1.165, 1.54) is 7.11 Å². The SMILES string of the molecule is COc1cc(Br)c(Cl)c2c1C(=O)N1CCN(C(=O)OC(C)(C)C)C[C@@H]1CO2. The summed E-state index contributed by atoms with van der Waals surface area (Å²) in [5.74, 6) is 0.468. The van der Waals surface area contributed by atoms with Gasteiger partial charge in [-0.05, 0) is 42.8 Å². The molecule has 148 valence electrons. The molecule has 0 aromatic heterocycles. The number of halogens is 2. The fraction of sp³-hybridized carbons (Fsp3) is 0.556. The molecule has 0 spiro atoms. The molecule has 0 N–H and O–H groups in total. The highest BCUT2D eigenvalue weighted by Crippen LogP contribution is 2.43. The third kappa shape index (κ3) is 3.96.